The number of thiophene rings is 1. The van der Waals surface area contributed by atoms with Gasteiger partial charge in [-0.05, 0) is 45.3 Å². The Kier molecular flexibility index (Phi) is 4.94. The van der Waals surface area contributed by atoms with Crippen LogP contribution in [0, 0.1) is 0 Å². The van der Waals surface area contributed by atoms with E-state index in [-0.39, 0.29) is 0 Å². The van der Waals surface area contributed by atoms with E-state index in [0.717, 1.165) is 0 Å². The van der Waals surface area contributed by atoms with E-state index >= 15 is 0 Å². The van der Waals surface area contributed by atoms with Crippen LogP contribution >= 0.6 is 11.3 Å². The standard InChI is InChI=1S/C42H25NS/c1-2-13-27(14-3-1)34-25-37-38(33-22-10-11-23-36(33)43(37)35-24-12-16-26-15-4-5-17-28(26)35)40-39-31-20-8-6-18-29(31)30-19-7-9-21-32(30)41(39)44-42(34)40/h1-25H. The molecule has 10 rings (SSSR count). The highest BCUT2D eigenvalue weighted by molar-refractivity contribution is 7.27. The zero-order valence-corrected chi connectivity index (χ0v) is 24.6. The van der Waals surface area contributed by atoms with E-state index in [0.29, 0.717) is 0 Å². The van der Waals surface area contributed by atoms with E-state index in [9.17, 15) is 0 Å². The average Bonchev–Trinajstić information content (AvgIpc) is 3.65. The summed E-state index contributed by atoms with van der Waals surface area (Å²) >= 11 is 1.95. The van der Waals surface area contributed by atoms with Gasteiger partial charge in [-0.2, -0.15) is 0 Å². The summed E-state index contributed by atoms with van der Waals surface area (Å²) < 4.78 is 5.22. The Bertz CT molecular complexity index is 2760. The summed E-state index contributed by atoms with van der Waals surface area (Å²) in [6.07, 6.45) is 0. The Morgan fingerprint density at radius 2 is 1.00 bits per heavy atom. The van der Waals surface area contributed by atoms with Gasteiger partial charge in [0.1, 0.15) is 0 Å². The molecule has 0 bridgehead atoms. The Hall–Kier alpha value is -5.44. The molecular formula is C42H25NS. The fourth-order valence-electron chi connectivity index (χ4n) is 7.51. The van der Waals surface area contributed by atoms with Crippen LogP contribution in [0.3, 0.4) is 0 Å². The van der Waals surface area contributed by atoms with Crippen LogP contribution in [-0.2, 0) is 0 Å². The summed E-state index contributed by atoms with van der Waals surface area (Å²) in [6.45, 7) is 0. The molecule has 8 aromatic carbocycles. The number of fused-ring (bicyclic) bond motifs is 13. The minimum atomic E-state index is 1.21. The SMILES string of the molecule is c1ccc(-c2cc3c(c4ccccc4n3-c3cccc4ccccc34)c3c2sc2c4ccccc4c4ccccc4c23)cc1. The van der Waals surface area contributed by atoms with Crippen LogP contribution in [0.4, 0.5) is 0 Å². The van der Waals surface area contributed by atoms with Gasteiger partial charge in [-0.1, -0.05) is 133 Å². The Labute approximate surface area is 257 Å². The zero-order valence-electron chi connectivity index (χ0n) is 23.8. The van der Waals surface area contributed by atoms with Gasteiger partial charge in [0.25, 0.3) is 0 Å². The Balaban J connectivity index is 1.53. The molecule has 0 amide bonds. The van der Waals surface area contributed by atoms with E-state index in [2.05, 4.69) is 156 Å². The molecule has 0 aliphatic rings. The molecule has 44 heavy (non-hydrogen) atoms. The summed E-state index contributed by atoms with van der Waals surface area (Å²) in [5.41, 5.74) is 6.21. The largest absolute Gasteiger partial charge is 0.309 e. The fourth-order valence-corrected chi connectivity index (χ4v) is 8.91. The average molecular weight is 576 g/mol. The summed E-state index contributed by atoms with van der Waals surface area (Å²) in [4.78, 5) is 0. The van der Waals surface area contributed by atoms with Crippen LogP contribution in [0.1, 0.15) is 0 Å². The zero-order chi connectivity index (χ0) is 28.8. The molecule has 2 heterocycles. The van der Waals surface area contributed by atoms with Crippen molar-refractivity contribution in [2.45, 2.75) is 0 Å². The molecule has 2 heteroatoms. The number of aromatic nitrogens is 1. The third kappa shape index (κ3) is 3.18. The lowest BCUT2D eigenvalue weighted by atomic mass is 9.93. The third-order valence-electron chi connectivity index (χ3n) is 9.35. The number of hydrogen-bond acceptors (Lipinski definition) is 1. The van der Waals surface area contributed by atoms with Gasteiger partial charge in [0.15, 0.2) is 0 Å². The number of rotatable bonds is 2. The highest BCUT2D eigenvalue weighted by Crippen LogP contribution is 2.51. The lowest BCUT2D eigenvalue weighted by molar-refractivity contribution is 1.20. The molecule has 0 aliphatic heterocycles. The maximum absolute atomic E-state index is 2.51. The number of hydrogen-bond donors (Lipinski definition) is 0. The molecular weight excluding hydrogens is 551 g/mol. The smallest absolute Gasteiger partial charge is 0.0554 e. The Morgan fingerprint density at radius 3 is 1.82 bits per heavy atom. The van der Waals surface area contributed by atoms with Crippen molar-refractivity contribution in [1.82, 2.24) is 4.57 Å². The second kappa shape index (κ2) is 9.03. The van der Waals surface area contributed by atoms with Gasteiger partial charge in [-0.15, -0.1) is 11.3 Å². The molecule has 10 aromatic rings. The normalized spacial score (nSPS) is 12.1. The van der Waals surface area contributed by atoms with E-state index in [1.807, 2.05) is 11.3 Å². The number of benzene rings is 8. The first kappa shape index (κ1) is 24.0. The predicted molar refractivity (Wildman–Crippen MR) is 192 cm³/mol. The molecule has 0 fully saturated rings. The molecule has 204 valence electrons. The summed E-state index contributed by atoms with van der Waals surface area (Å²) in [7, 11) is 0. The van der Waals surface area contributed by atoms with Crippen LogP contribution in [0.2, 0.25) is 0 Å². The highest BCUT2D eigenvalue weighted by Gasteiger charge is 2.24. The van der Waals surface area contributed by atoms with Crippen molar-refractivity contribution in [1.29, 1.82) is 0 Å². The molecule has 0 N–H and O–H groups in total. The molecule has 0 atom stereocenters. The molecule has 2 aromatic heterocycles. The van der Waals surface area contributed by atoms with Crippen LogP contribution in [0.25, 0.3) is 91.1 Å². The van der Waals surface area contributed by atoms with Gasteiger partial charge in [0, 0.05) is 47.3 Å². The lowest BCUT2D eigenvalue weighted by Gasteiger charge is -2.13. The quantitative estimate of drug-likeness (QED) is 0.181. The predicted octanol–water partition coefficient (Wildman–Crippen LogP) is 12.3. The molecule has 0 saturated carbocycles. The molecule has 0 unspecified atom stereocenters. The first-order valence-electron chi connectivity index (χ1n) is 15.1. The van der Waals surface area contributed by atoms with Gasteiger partial charge in [-0.3, -0.25) is 0 Å². The van der Waals surface area contributed by atoms with E-state index in [4.69, 9.17) is 0 Å². The fraction of sp³-hybridized carbons (Fsp3) is 0. The molecule has 1 nitrogen and oxygen atoms in total. The van der Waals surface area contributed by atoms with Crippen molar-refractivity contribution in [2.24, 2.45) is 0 Å². The van der Waals surface area contributed by atoms with Crippen molar-refractivity contribution >= 4 is 85.6 Å². The minimum absolute atomic E-state index is 1.21. The Morgan fingerprint density at radius 1 is 0.386 bits per heavy atom. The van der Waals surface area contributed by atoms with Gasteiger partial charge in [-0.25, -0.2) is 0 Å². The molecule has 0 spiro atoms. The summed E-state index contributed by atoms with van der Waals surface area (Å²) in [5, 5.41) is 13.1. The van der Waals surface area contributed by atoms with E-state index < -0.39 is 0 Å². The summed E-state index contributed by atoms with van der Waals surface area (Å²) in [6, 6.07) is 55.7. The van der Waals surface area contributed by atoms with Crippen LogP contribution in [0.15, 0.2) is 152 Å². The lowest BCUT2D eigenvalue weighted by Crippen LogP contribution is -1.95. The third-order valence-corrected chi connectivity index (χ3v) is 10.6. The minimum Gasteiger partial charge on any atom is -0.309 e. The first-order valence-corrected chi connectivity index (χ1v) is 15.9. The van der Waals surface area contributed by atoms with E-state index in [1.165, 1.54) is 91.1 Å². The second-order valence-electron chi connectivity index (χ2n) is 11.6. The van der Waals surface area contributed by atoms with Gasteiger partial charge in [0.05, 0.1) is 16.7 Å². The topological polar surface area (TPSA) is 4.93 Å². The van der Waals surface area contributed by atoms with Gasteiger partial charge >= 0.3 is 0 Å². The maximum atomic E-state index is 2.51. The molecule has 0 radical (unpaired) electrons. The van der Waals surface area contributed by atoms with Crippen LogP contribution in [0.5, 0.6) is 0 Å². The van der Waals surface area contributed by atoms with Crippen LogP contribution < -0.4 is 0 Å². The van der Waals surface area contributed by atoms with Crippen molar-refractivity contribution in [2.75, 3.05) is 0 Å². The van der Waals surface area contributed by atoms with Crippen molar-refractivity contribution in [3.05, 3.63) is 152 Å². The summed E-state index contributed by atoms with van der Waals surface area (Å²) in [5.74, 6) is 0. The number of nitrogens with zero attached hydrogens (tertiary/aromatic N) is 1. The van der Waals surface area contributed by atoms with Gasteiger partial charge in [0.2, 0.25) is 0 Å². The van der Waals surface area contributed by atoms with Crippen LogP contribution in [-0.4, -0.2) is 4.57 Å². The van der Waals surface area contributed by atoms with Gasteiger partial charge < -0.3 is 4.57 Å². The van der Waals surface area contributed by atoms with Crippen molar-refractivity contribution < 1.29 is 0 Å². The maximum Gasteiger partial charge on any atom is 0.0554 e. The van der Waals surface area contributed by atoms with Crippen molar-refractivity contribution in [3.8, 4) is 16.8 Å². The second-order valence-corrected chi connectivity index (χ2v) is 12.7. The van der Waals surface area contributed by atoms with Crippen molar-refractivity contribution in [3.63, 3.8) is 0 Å². The number of para-hydroxylation sites is 1. The monoisotopic (exact) mass is 575 g/mol. The van der Waals surface area contributed by atoms with E-state index in [1.54, 1.807) is 0 Å². The molecule has 0 saturated heterocycles. The molecule has 0 aliphatic carbocycles. The highest BCUT2D eigenvalue weighted by atomic mass is 32.1. The first-order chi connectivity index (χ1) is 21.9.